The molecular formula is C23H22BrClN2O. The van der Waals surface area contributed by atoms with E-state index < -0.39 is 0 Å². The Labute approximate surface area is 180 Å². The highest BCUT2D eigenvalue weighted by Gasteiger charge is 2.24. The number of nitrogens with zero attached hydrogens (tertiary/aromatic N) is 2. The Morgan fingerprint density at radius 2 is 1.68 bits per heavy atom. The molecular weight excluding hydrogens is 436 g/mol. The predicted molar refractivity (Wildman–Crippen MR) is 108 cm³/mol. The smallest absolute Gasteiger partial charge is 0.329 e. The van der Waals surface area contributed by atoms with E-state index >= 15 is 0 Å². The van der Waals surface area contributed by atoms with Crippen LogP contribution >= 0.6 is 11.6 Å². The number of hydrogen-bond donors (Lipinski definition) is 0. The fourth-order valence-corrected chi connectivity index (χ4v) is 3.61. The van der Waals surface area contributed by atoms with Gasteiger partial charge in [-0.3, -0.25) is 0 Å². The minimum absolute atomic E-state index is 0. The van der Waals surface area contributed by atoms with Gasteiger partial charge in [-0.2, -0.15) is 4.40 Å². The Morgan fingerprint density at radius 3 is 2.43 bits per heavy atom. The molecule has 2 heterocycles. The molecule has 0 aliphatic heterocycles. The normalized spacial score (nSPS) is 10.7. The summed E-state index contributed by atoms with van der Waals surface area (Å²) in [7, 11) is 0. The maximum absolute atomic E-state index is 6.21. The fraction of sp³-hybridized carbons (Fsp3) is 0.174. The highest BCUT2D eigenvalue weighted by atomic mass is 79.9. The van der Waals surface area contributed by atoms with Crippen molar-refractivity contribution >= 4 is 17.2 Å². The summed E-state index contributed by atoms with van der Waals surface area (Å²) >= 11 is 6.18. The SMILES string of the molecule is Cc1c(C)[n+]2cccc(OCc3ccccc3)c2n1Cc1cccc(Cl)c1.[Br-]. The van der Waals surface area contributed by atoms with Crippen LogP contribution in [-0.2, 0) is 13.2 Å². The molecule has 4 aromatic rings. The molecule has 0 N–H and O–H groups in total. The minimum Gasteiger partial charge on any atom is -1.00 e. The van der Waals surface area contributed by atoms with Gasteiger partial charge >= 0.3 is 5.65 Å². The van der Waals surface area contributed by atoms with Crippen molar-refractivity contribution in [3.05, 3.63) is 100 Å². The van der Waals surface area contributed by atoms with Crippen molar-refractivity contribution in [3.8, 4) is 5.75 Å². The third-order valence-electron chi connectivity index (χ3n) is 4.94. The lowest BCUT2D eigenvalue weighted by Gasteiger charge is -2.07. The van der Waals surface area contributed by atoms with E-state index in [4.69, 9.17) is 16.3 Å². The van der Waals surface area contributed by atoms with E-state index in [9.17, 15) is 0 Å². The van der Waals surface area contributed by atoms with Crippen molar-refractivity contribution in [1.29, 1.82) is 0 Å². The molecule has 0 unspecified atom stereocenters. The van der Waals surface area contributed by atoms with Crippen LogP contribution in [-0.4, -0.2) is 4.57 Å². The zero-order valence-electron chi connectivity index (χ0n) is 15.9. The highest BCUT2D eigenvalue weighted by molar-refractivity contribution is 6.30. The first-order valence-corrected chi connectivity index (χ1v) is 9.42. The Balaban J connectivity index is 0.00000225. The Hall–Kier alpha value is -2.30. The number of aromatic nitrogens is 2. The van der Waals surface area contributed by atoms with Crippen LogP contribution in [0.15, 0.2) is 72.9 Å². The zero-order chi connectivity index (χ0) is 18.8. The number of ether oxygens (including phenoxy) is 1. The summed E-state index contributed by atoms with van der Waals surface area (Å²) in [5, 5.41) is 0.756. The van der Waals surface area contributed by atoms with Crippen LogP contribution in [0.3, 0.4) is 0 Å². The van der Waals surface area contributed by atoms with E-state index in [1.807, 2.05) is 48.5 Å². The second-order valence-electron chi connectivity index (χ2n) is 6.73. The van der Waals surface area contributed by atoms with Gasteiger partial charge in [-0.15, -0.1) is 0 Å². The van der Waals surface area contributed by atoms with Gasteiger partial charge in [0.15, 0.2) is 0 Å². The average molecular weight is 458 g/mol. The van der Waals surface area contributed by atoms with Crippen LogP contribution in [0.5, 0.6) is 5.75 Å². The molecule has 0 atom stereocenters. The molecule has 3 nitrogen and oxygen atoms in total. The summed E-state index contributed by atoms with van der Waals surface area (Å²) in [6.45, 7) is 5.57. The highest BCUT2D eigenvalue weighted by Crippen LogP contribution is 2.23. The summed E-state index contributed by atoms with van der Waals surface area (Å²) in [6.07, 6.45) is 2.08. The Kier molecular flexibility index (Phi) is 6.42. The van der Waals surface area contributed by atoms with Crippen LogP contribution in [0.25, 0.3) is 5.65 Å². The van der Waals surface area contributed by atoms with Crippen molar-refractivity contribution in [3.63, 3.8) is 0 Å². The molecule has 0 amide bonds. The number of hydrogen-bond acceptors (Lipinski definition) is 1. The first-order valence-electron chi connectivity index (χ1n) is 9.05. The number of imidazole rings is 1. The van der Waals surface area contributed by atoms with Crippen LogP contribution < -0.4 is 26.1 Å². The van der Waals surface area contributed by atoms with Gasteiger partial charge in [0.25, 0.3) is 0 Å². The summed E-state index contributed by atoms with van der Waals surface area (Å²) in [5.41, 5.74) is 5.80. The summed E-state index contributed by atoms with van der Waals surface area (Å²) < 4.78 is 10.7. The molecule has 0 saturated carbocycles. The molecule has 0 radical (unpaired) electrons. The molecule has 0 saturated heterocycles. The van der Waals surface area contributed by atoms with Crippen LogP contribution in [0.4, 0.5) is 0 Å². The number of pyridine rings is 1. The maximum Gasteiger partial charge on any atom is 0.329 e. The van der Waals surface area contributed by atoms with Gasteiger partial charge < -0.3 is 21.7 Å². The lowest BCUT2D eigenvalue weighted by Crippen LogP contribution is -3.00. The van der Waals surface area contributed by atoms with Crippen molar-refractivity contribution in [2.45, 2.75) is 27.0 Å². The number of aryl methyl sites for hydroxylation is 1. The molecule has 0 bridgehead atoms. The number of fused-ring (bicyclic) bond motifs is 1. The van der Waals surface area contributed by atoms with E-state index in [2.05, 4.69) is 47.2 Å². The third-order valence-corrected chi connectivity index (χ3v) is 5.18. The monoisotopic (exact) mass is 456 g/mol. The van der Waals surface area contributed by atoms with E-state index in [1.54, 1.807) is 0 Å². The lowest BCUT2D eigenvalue weighted by molar-refractivity contribution is -0.519. The van der Waals surface area contributed by atoms with Crippen molar-refractivity contribution in [2.75, 3.05) is 0 Å². The second kappa shape index (κ2) is 8.80. The third kappa shape index (κ3) is 4.08. The van der Waals surface area contributed by atoms with Gasteiger partial charge in [0.05, 0.1) is 6.20 Å². The van der Waals surface area contributed by atoms with E-state index in [-0.39, 0.29) is 17.0 Å². The topological polar surface area (TPSA) is 18.3 Å². The maximum atomic E-state index is 6.21. The predicted octanol–water partition coefficient (Wildman–Crippen LogP) is 2.13. The standard InChI is InChI=1S/C23H22ClN2O.BrH/c1-17-18(2)26(15-20-10-6-11-21(24)14-20)23-22(12-7-13-25(17)23)27-16-19-8-4-3-5-9-19;/h3-14H,15-16H2,1-2H3;1H/q+1;/p-1. The Bertz CT molecular complexity index is 1090. The second-order valence-corrected chi connectivity index (χ2v) is 7.16. The van der Waals surface area contributed by atoms with Crippen LogP contribution in [0, 0.1) is 13.8 Å². The molecule has 28 heavy (non-hydrogen) atoms. The lowest BCUT2D eigenvalue weighted by atomic mass is 10.2. The molecule has 2 aromatic carbocycles. The van der Waals surface area contributed by atoms with Crippen molar-refractivity contribution in [2.24, 2.45) is 0 Å². The number of rotatable bonds is 5. The van der Waals surface area contributed by atoms with Crippen molar-refractivity contribution < 1.29 is 26.1 Å². The summed E-state index contributed by atoms with van der Waals surface area (Å²) in [4.78, 5) is 0. The zero-order valence-corrected chi connectivity index (χ0v) is 18.2. The molecule has 4 rings (SSSR count). The number of halogens is 2. The number of benzene rings is 2. The first kappa shape index (κ1) is 20.4. The molecule has 2 aromatic heterocycles. The van der Waals surface area contributed by atoms with Gasteiger partial charge in [0, 0.05) is 18.9 Å². The first-order chi connectivity index (χ1) is 13.1. The van der Waals surface area contributed by atoms with Gasteiger partial charge in [-0.25, -0.2) is 4.57 Å². The van der Waals surface area contributed by atoms with Crippen LogP contribution in [0.2, 0.25) is 5.02 Å². The molecule has 0 spiro atoms. The molecule has 144 valence electrons. The van der Waals surface area contributed by atoms with Gasteiger partial charge in [-0.1, -0.05) is 54.1 Å². The molecule has 0 aliphatic carbocycles. The average Bonchev–Trinajstić information content (AvgIpc) is 2.93. The van der Waals surface area contributed by atoms with E-state index in [1.165, 1.54) is 17.0 Å². The van der Waals surface area contributed by atoms with Gasteiger partial charge in [-0.05, 0) is 35.4 Å². The molecule has 0 fully saturated rings. The van der Waals surface area contributed by atoms with E-state index in [0.717, 1.165) is 28.5 Å². The fourth-order valence-electron chi connectivity index (χ4n) is 3.40. The van der Waals surface area contributed by atoms with Gasteiger partial charge in [0.1, 0.15) is 24.5 Å². The largest absolute Gasteiger partial charge is 1.00 e. The van der Waals surface area contributed by atoms with Crippen molar-refractivity contribution in [1.82, 2.24) is 4.57 Å². The summed E-state index contributed by atoms with van der Waals surface area (Å²) in [5.74, 6) is 0.875. The Morgan fingerprint density at radius 1 is 0.929 bits per heavy atom. The quantitative estimate of drug-likeness (QED) is 0.420. The van der Waals surface area contributed by atoms with Crippen LogP contribution in [0.1, 0.15) is 22.5 Å². The van der Waals surface area contributed by atoms with Gasteiger partial charge in [0.2, 0.25) is 5.75 Å². The summed E-state index contributed by atoms with van der Waals surface area (Å²) in [6, 6.07) is 22.3. The molecule has 5 heteroatoms. The van der Waals surface area contributed by atoms with E-state index in [0.29, 0.717) is 6.61 Å². The minimum atomic E-state index is 0. The molecule has 0 aliphatic rings.